The maximum absolute atomic E-state index is 13.3. The molecule has 3 rings (SSSR count). The van der Waals surface area contributed by atoms with E-state index in [1.807, 2.05) is 14.0 Å². The van der Waals surface area contributed by atoms with Crippen molar-refractivity contribution < 1.29 is 18.3 Å². The number of nitrogens with zero attached hydrogens (tertiary/aromatic N) is 3. The lowest BCUT2D eigenvalue weighted by Crippen LogP contribution is -2.49. The Balaban J connectivity index is 2.14. The number of hydrogen-bond acceptors (Lipinski definition) is 7. The summed E-state index contributed by atoms with van der Waals surface area (Å²) in [6.07, 6.45) is 4.55. The van der Waals surface area contributed by atoms with Crippen LogP contribution in [0.2, 0.25) is 0 Å². The van der Waals surface area contributed by atoms with Crippen molar-refractivity contribution in [2.24, 2.45) is 5.92 Å². The van der Waals surface area contributed by atoms with Crippen molar-refractivity contribution in [2.75, 3.05) is 26.7 Å². The Hall–Kier alpha value is -2.07. The van der Waals surface area contributed by atoms with Crippen LogP contribution in [-0.2, 0) is 10.0 Å². The van der Waals surface area contributed by atoms with E-state index in [1.165, 1.54) is 10.6 Å². The fourth-order valence-corrected chi connectivity index (χ4v) is 5.12. The van der Waals surface area contributed by atoms with Crippen LogP contribution in [0.25, 0.3) is 11.1 Å². The molecule has 0 unspecified atom stereocenters. The lowest BCUT2D eigenvalue weighted by atomic mass is 10.0. The molecule has 3 atom stereocenters. The minimum Gasteiger partial charge on any atom is -0.487 e. The molecule has 152 valence electrons. The molecule has 1 aromatic heterocycles. The van der Waals surface area contributed by atoms with Gasteiger partial charge in [0.2, 0.25) is 10.0 Å². The molecule has 8 nitrogen and oxygen atoms in total. The first-order valence-corrected chi connectivity index (χ1v) is 10.7. The summed E-state index contributed by atoms with van der Waals surface area (Å²) < 4.78 is 34.2. The molecule has 0 saturated heterocycles. The maximum Gasteiger partial charge on any atom is 0.247 e. The summed E-state index contributed by atoms with van der Waals surface area (Å²) in [5.74, 6) is 0.219. The highest BCUT2D eigenvalue weighted by molar-refractivity contribution is 7.89. The van der Waals surface area contributed by atoms with Gasteiger partial charge in [-0.25, -0.2) is 18.4 Å². The lowest BCUT2D eigenvalue weighted by Gasteiger charge is -2.36. The first-order chi connectivity index (χ1) is 13.4. The number of sulfonamides is 1. The molecule has 2 N–H and O–H groups in total. The Morgan fingerprint density at radius 2 is 2.04 bits per heavy atom. The Morgan fingerprint density at radius 3 is 2.68 bits per heavy atom. The molecule has 0 radical (unpaired) electrons. The number of aromatic nitrogens is 2. The predicted octanol–water partition coefficient (Wildman–Crippen LogP) is 1.13. The van der Waals surface area contributed by atoms with Crippen LogP contribution in [0.5, 0.6) is 5.75 Å². The number of likely N-dealkylation sites (N-methyl/N-ethyl adjacent to an activating group) is 1. The van der Waals surface area contributed by atoms with Gasteiger partial charge in [-0.1, -0.05) is 13.0 Å². The molecule has 1 aliphatic heterocycles. The second-order valence-electron chi connectivity index (χ2n) is 7.09. The van der Waals surface area contributed by atoms with Gasteiger partial charge in [0, 0.05) is 43.0 Å². The van der Waals surface area contributed by atoms with E-state index in [4.69, 9.17) is 4.74 Å². The lowest BCUT2D eigenvalue weighted by molar-refractivity contribution is 0.103. The zero-order valence-corrected chi connectivity index (χ0v) is 17.1. The smallest absolute Gasteiger partial charge is 0.247 e. The molecule has 1 aliphatic rings. The number of aliphatic hydroxyl groups excluding tert-OH is 1. The van der Waals surface area contributed by atoms with Crippen molar-refractivity contribution in [3.63, 3.8) is 0 Å². The number of ether oxygens (including phenoxy) is 1. The van der Waals surface area contributed by atoms with Crippen LogP contribution >= 0.6 is 0 Å². The standard InChI is InChI=1S/C19H26N4O4S/c1-13-10-23(14(2)11-24)28(25,26)19-5-4-15(16-7-21-12-22-8-16)6-17(19)27-18(13)9-20-3/h4-8,12-14,18,20,24H,9-11H2,1-3H3/t13-,14+,18+/m0/s1. The molecular formula is C19H26N4O4S. The molecule has 28 heavy (non-hydrogen) atoms. The van der Waals surface area contributed by atoms with Gasteiger partial charge in [-0.3, -0.25) is 0 Å². The zero-order chi connectivity index (χ0) is 20.3. The first kappa shape index (κ1) is 20.7. The minimum absolute atomic E-state index is 0.0758. The molecule has 0 saturated carbocycles. The third kappa shape index (κ3) is 4.02. The van der Waals surface area contributed by atoms with E-state index in [9.17, 15) is 13.5 Å². The van der Waals surface area contributed by atoms with E-state index in [0.29, 0.717) is 12.3 Å². The molecule has 9 heteroatoms. The summed E-state index contributed by atoms with van der Waals surface area (Å²) >= 11 is 0. The van der Waals surface area contributed by atoms with Gasteiger partial charge in [0.05, 0.1) is 6.61 Å². The first-order valence-electron chi connectivity index (χ1n) is 9.22. The van der Waals surface area contributed by atoms with E-state index in [2.05, 4.69) is 15.3 Å². The Labute approximate surface area is 165 Å². The highest BCUT2D eigenvalue weighted by Gasteiger charge is 2.37. The van der Waals surface area contributed by atoms with Crippen LogP contribution in [0, 0.1) is 5.92 Å². The molecular weight excluding hydrogens is 380 g/mol. The van der Waals surface area contributed by atoms with Crippen molar-refractivity contribution >= 4 is 10.0 Å². The van der Waals surface area contributed by atoms with E-state index >= 15 is 0 Å². The van der Waals surface area contributed by atoms with Crippen molar-refractivity contribution in [1.29, 1.82) is 0 Å². The summed E-state index contributed by atoms with van der Waals surface area (Å²) in [6.45, 7) is 4.24. The Morgan fingerprint density at radius 1 is 1.32 bits per heavy atom. The maximum atomic E-state index is 13.3. The summed E-state index contributed by atoms with van der Waals surface area (Å²) in [5, 5.41) is 12.7. The summed E-state index contributed by atoms with van der Waals surface area (Å²) in [5.41, 5.74) is 1.54. The van der Waals surface area contributed by atoms with Crippen molar-refractivity contribution in [3.8, 4) is 16.9 Å². The molecule has 0 spiro atoms. The second-order valence-corrected chi connectivity index (χ2v) is 8.95. The van der Waals surface area contributed by atoms with Crippen molar-refractivity contribution in [3.05, 3.63) is 36.9 Å². The van der Waals surface area contributed by atoms with Crippen molar-refractivity contribution in [1.82, 2.24) is 19.6 Å². The van der Waals surface area contributed by atoms with E-state index in [0.717, 1.165) is 11.1 Å². The molecule has 0 amide bonds. The van der Waals surface area contributed by atoms with Gasteiger partial charge < -0.3 is 15.2 Å². The Kier molecular flexibility index (Phi) is 6.29. The van der Waals surface area contributed by atoms with Crippen molar-refractivity contribution in [2.45, 2.75) is 30.9 Å². The fraction of sp³-hybridized carbons (Fsp3) is 0.474. The average Bonchev–Trinajstić information content (AvgIpc) is 2.70. The molecule has 0 aliphatic carbocycles. The molecule has 2 heterocycles. The molecule has 0 fully saturated rings. The third-order valence-corrected chi connectivity index (χ3v) is 6.99. The van der Waals surface area contributed by atoms with Gasteiger partial charge in [0.1, 0.15) is 23.1 Å². The largest absolute Gasteiger partial charge is 0.487 e. The van der Waals surface area contributed by atoms with E-state index in [-0.39, 0.29) is 30.1 Å². The van der Waals surface area contributed by atoms with Crippen LogP contribution in [0.3, 0.4) is 0 Å². The van der Waals surface area contributed by atoms with Crippen LogP contribution in [-0.4, -0.2) is 66.7 Å². The summed E-state index contributed by atoms with van der Waals surface area (Å²) in [6, 6.07) is 4.46. The van der Waals surface area contributed by atoms with Gasteiger partial charge in [-0.05, 0) is 31.7 Å². The zero-order valence-electron chi connectivity index (χ0n) is 16.2. The number of fused-ring (bicyclic) bond motifs is 1. The monoisotopic (exact) mass is 406 g/mol. The molecule has 2 aromatic rings. The van der Waals surface area contributed by atoms with Gasteiger partial charge in [0.15, 0.2) is 0 Å². The van der Waals surface area contributed by atoms with Gasteiger partial charge in [0.25, 0.3) is 0 Å². The van der Waals surface area contributed by atoms with E-state index < -0.39 is 16.1 Å². The van der Waals surface area contributed by atoms with Gasteiger partial charge >= 0.3 is 0 Å². The van der Waals surface area contributed by atoms with Crippen LogP contribution in [0.4, 0.5) is 0 Å². The number of aliphatic hydroxyl groups is 1. The predicted molar refractivity (Wildman–Crippen MR) is 105 cm³/mol. The summed E-state index contributed by atoms with van der Waals surface area (Å²) in [7, 11) is -2.00. The highest BCUT2D eigenvalue weighted by Crippen LogP contribution is 2.36. The molecule has 1 aromatic carbocycles. The van der Waals surface area contributed by atoms with E-state index in [1.54, 1.807) is 37.5 Å². The number of rotatable bonds is 5. The second kappa shape index (κ2) is 8.52. The normalized spacial score (nSPS) is 23.1. The molecule has 0 bridgehead atoms. The number of hydrogen-bond donors (Lipinski definition) is 2. The number of nitrogens with one attached hydrogen (secondary N) is 1. The van der Waals surface area contributed by atoms with Gasteiger partial charge in [-0.15, -0.1) is 0 Å². The highest BCUT2D eigenvalue weighted by atomic mass is 32.2. The van der Waals surface area contributed by atoms with Gasteiger partial charge in [-0.2, -0.15) is 4.31 Å². The average molecular weight is 407 g/mol. The topological polar surface area (TPSA) is 105 Å². The fourth-order valence-electron chi connectivity index (χ4n) is 3.30. The third-order valence-electron chi connectivity index (χ3n) is 4.97. The minimum atomic E-state index is -3.83. The quantitative estimate of drug-likeness (QED) is 0.767. The summed E-state index contributed by atoms with van der Waals surface area (Å²) in [4.78, 5) is 8.14. The van der Waals surface area contributed by atoms with Crippen LogP contribution < -0.4 is 10.1 Å². The number of benzene rings is 1. The van der Waals surface area contributed by atoms with Crippen LogP contribution in [0.15, 0.2) is 41.8 Å². The SMILES string of the molecule is CNC[C@H]1Oc2cc(-c3cncnc3)ccc2S(=O)(=O)N([C@H](C)CO)C[C@@H]1C. The Bertz CT molecular complexity index is 907. The van der Waals surface area contributed by atoms with Crippen LogP contribution in [0.1, 0.15) is 13.8 Å².